The Morgan fingerprint density at radius 3 is 3.08 bits per heavy atom. The zero-order chi connectivity index (χ0) is 18.1. The molecule has 2 N–H and O–H groups in total. The fourth-order valence-electron chi connectivity index (χ4n) is 3.34. The molecule has 0 saturated carbocycles. The Hall–Kier alpha value is -2.57. The maximum Gasteiger partial charge on any atom is 0.196 e. The lowest BCUT2D eigenvalue weighted by atomic mass is 9.98. The highest BCUT2D eigenvalue weighted by molar-refractivity contribution is 7.23. The van der Waals surface area contributed by atoms with Gasteiger partial charge in [0, 0.05) is 42.7 Å². The number of methoxy groups -OCH3 is 1. The van der Waals surface area contributed by atoms with Gasteiger partial charge in [-0.15, -0.1) is 11.3 Å². The average Bonchev–Trinajstić information content (AvgIpc) is 3.21. The van der Waals surface area contributed by atoms with E-state index in [0.717, 1.165) is 39.1 Å². The van der Waals surface area contributed by atoms with Gasteiger partial charge in [-0.05, 0) is 36.1 Å². The normalized spacial score (nSPS) is 13.2. The van der Waals surface area contributed by atoms with Gasteiger partial charge in [-0.25, -0.2) is 0 Å². The minimum Gasteiger partial charge on any atom is -0.383 e. The lowest BCUT2D eigenvalue weighted by Crippen LogP contribution is -2.10. The maximum atomic E-state index is 13.3. The van der Waals surface area contributed by atoms with E-state index in [1.54, 1.807) is 19.5 Å². The molecule has 0 aliphatic heterocycles. The van der Waals surface area contributed by atoms with Crippen LogP contribution in [0.1, 0.15) is 33.5 Å². The largest absolute Gasteiger partial charge is 0.383 e. The highest BCUT2D eigenvalue weighted by Gasteiger charge is 2.23. The summed E-state index contributed by atoms with van der Waals surface area (Å²) in [5.41, 5.74) is 4.09. The third kappa shape index (κ3) is 2.91. The van der Waals surface area contributed by atoms with Gasteiger partial charge < -0.3 is 15.5 Å². The minimum atomic E-state index is 0.00333. The summed E-state index contributed by atoms with van der Waals surface area (Å²) in [5, 5.41) is 13.1. The molecule has 0 atom stereocenters. The van der Waals surface area contributed by atoms with Crippen LogP contribution in [0.2, 0.25) is 0 Å². The van der Waals surface area contributed by atoms with Gasteiger partial charge in [-0.2, -0.15) is 0 Å². The molecule has 0 spiro atoms. The van der Waals surface area contributed by atoms with Crippen LogP contribution >= 0.6 is 11.3 Å². The summed E-state index contributed by atoms with van der Waals surface area (Å²) in [4.78, 5) is 17.5. The molecule has 1 aliphatic rings. The standard InChI is InChI=1S/C20H19N3O2S/c1-25-9-8-23-20-18(15-6-7-22-11-17(15)26-20)19(24)13-2-4-14-12(10-13)3-5-16(14)21/h2,4,6-7,10-11,21,23H,3,5,8-9H2,1H3. The first kappa shape index (κ1) is 16.9. The van der Waals surface area contributed by atoms with Crippen LogP contribution in [0.3, 0.4) is 0 Å². The SMILES string of the molecule is COCCNc1sc2cnccc2c1C(=O)c1ccc2c(c1)CCC2=N. The number of aromatic nitrogens is 1. The van der Waals surface area contributed by atoms with Gasteiger partial charge in [0.1, 0.15) is 5.00 Å². The molecule has 0 fully saturated rings. The quantitative estimate of drug-likeness (QED) is 0.513. The Bertz CT molecular complexity index is 1010. The van der Waals surface area contributed by atoms with Crippen LogP contribution in [-0.4, -0.2) is 36.7 Å². The van der Waals surface area contributed by atoms with Crippen LogP contribution in [0, 0.1) is 5.41 Å². The van der Waals surface area contributed by atoms with Gasteiger partial charge >= 0.3 is 0 Å². The second-order valence-electron chi connectivity index (χ2n) is 6.28. The smallest absolute Gasteiger partial charge is 0.196 e. The molecular weight excluding hydrogens is 346 g/mol. The van der Waals surface area contributed by atoms with Gasteiger partial charge in [-0.3, -0.25) is 9.78 Å². The van der Waals surface area contributed by atoms with Crippen molar-refractivity contribution in [3.05, 3.63) is 58.9 Å². The first-order valence-electron chi connectivity index (χ1n) is 8.54. The number of hydrogen-bond acceptors (Lipinski definition) is 6. The number of hydrogen-bond donors (Lipinski definition) is 2. The predicted molar refractivity (Wildman–Crippen MR) is 105 cm³/mol. The molecule has 2 aromatic heterocycles. The van der Waals surface area contributed by atoms with Crippen molar-refractivity contribution < 1.29 is 9.53 Å². The number of carbonyl (C=O) groups excluding carboxylic acids is 1. The molecular formula is C20H19N3O2S. The zero-order valence-electron chi connectivity index (χ0n) is 14.5. The van der Waals surface area contributed by atoms with Crippen LogP contribution in [-0.2, 0) is 11.2 Å². The van der Waals surface area contributed by atoms with Crippen molar-refractivity contribution in [1.82, 2.24) is 4.98 Å². The summed E-state index contributed by atoms with van der Waals surface area (Å²) in [6.45, 7) is 1.21. The fourth-order valence-corrected chi connectivity index (χ4v) is 4.44. The van der Waals surface area contributed by atoms with E-state index in [2.05, 4.69) is 10.3 Å². The van der Waals surface area contributed by atoms with Gasteiger partial charge in [-0.1, -0.05) is 12.1 Å². The molecule has 0 bridgehead atoms. The van der Waals surface area contributed by atoms with E-state index in [1.165, 1.54) is 11.3 Å². The van der Waals surface area contributed by atoms with Crippen molar-refractivity contribution in [3.63, 3.8) is 0 Å². The van der Waals surface area contributed by atoms with Gasteiger partial charge in [0.15, 0.2) is 5.78 Å². The predicted octanol–water partition coefficient (Wildman–Crippen LogP) is 3.90. The maximum absolute atomic E-state index is 13.3. The van der Waals surface area contributed by atoms with Crippen LogP contribution in [0.15, 0.2) is 36.7 Å². The molecule has 26 heavy (non-hydrogen) atoms. The number of fused-ring (bicyclic) bond motifs is 2. The molecule has 1 aromatic carbocycles. The van der Waals surface area contributed by atoms with Crippen LogP contribution < -0.4 is 5.32 Å². The van der Waals surface area contributed by atoms with Crippen molar-refractivity contribution in [3.8, 4) is 0 Å². The average molecular weight is 365 g/mol. The topological polar surface area (TPSA) is 75.1 Å². The van der Waals surface area contributed by atoms with E-state index in [4.69, 9.17) is 10.1 Å². The number of nitrogens with zero attached hydrogens (tertiary/aromatic N) is 1. The molecule has 1 aliphatic carbocycles. The molecule has 132 valence electrons. The molecule has 3 aromatic rings. The van der Waals surface area contributed by atoms with E-state index in [0.29, 0.717) is 30.0 Å². The fraction of sp³-hybridized carbons (Fsp3) is 0.250. The third-order valence-electron chi connectivity index (χ3n) is 4.65. The van der Waals surface area contributed by atoms with E-state index < -0.39 is 0 Å². The lowest BCUT2D eigenvalue weighted by Gasteiger charge is -2.08. The number of benzene rings is 1. The number of carbonyl (C=O) groups is 1. The van der Waals surface area contributed by atoms with Crippen molar-refractivity contribution in [2.75, 3.05) is 25.6 Å². The van der Waals surface area contributed by atoms with Crippen LogP contribution in [0.4, 0.5) is 5.00 Å². The number of nitrogens with one attached hydrogen (secondary N) is 2. The molecule has 0 radical (unpaired) electrons. The summed E-state index contributed by atoms with van der Waals surface area (Å²) in [6, 6.07) is 7.59. The lowest BCUT2D eigenvalue weighted by molar-refractivity contribution is 0.104. The number of pyridine rings is 1. The van der Waals surface area contributed by atoms with Crippen molar-refractivity contribution >= 4 is 37.9 Å². The number of anilines is 1. The molecule has 0 saturated heterocycles. The van der Waals surface area contributed by atoms with E-state index in [9.17, 15) is 4.79 Å². The number of ketones is 1. The van der Waals surface area contributed by atoms with Crippen molar-refractivity contribution in [1.29, 1.82) is 5.41 Å². The Labute approximate surface area is 155 Å². The summed E-state index contributed by atoms with van der Waals surface area (Å²) in [5.74, 6) is 0.00333. The van der Waals surface area contributed by atoms with Crippen LogP contribution in [0.25, 0.3) is 10.1 Å². The molecule has 6 heteroatoms. The first-order chi connectivity index (χ1) is 12.7. The summed E-state index contributed by atoms with van der Waals surface area (Å²) in [6.07, 6.45) is 5.10. The molecule has 0 amide bonds. The number of thiophene rings is 1. The highest BCUT2D eigenvalue weighted by Crippen LogP contribution is 2.37. The van der Waals surface area contributed by atoms with E-state index >= 15 is 0 Å². The van der Waals surface area contributed by atoms with Gasteiger partial charge in [0.25, 0.3) is 0 Å². The highest BCUT2D eigenvalue weighted by atomic mass is 32.1. The second-order valence-corrected chi connectivity index (χ2v) is 7.33. The van der Waals surface area contributed by atoms with Crippen molar-refractivity contribution in [2.24, 2.45) is 0 Å². The molecule has 5 nitrogen and oxygen atoms in total. The van der Waals surface area contributed by atoms with E-state index in [-0.39, 0.29) is 5.78 Å². The van der Waals surface area contributed by atoms with Crippen LogP contribution in [0.5, 0.6) is 0 Å². The summed E-state index contributed by atoms with van der Waals surface area (Å²) < 4.78 is 6.09. The summed E-state index contributed by atoms with van der Waals surface area (Å²) >= 11 is 1.54. The Morgan fingerprint density at radius 2 is 2.23 bits per heavy atom. The Balaban J connectivity index is 1.76. The molecule has 2 heterocycles. The Morgan fingerprint density at radius 1 is 1.35 bits per heavy atom. The molecule has 0 unspecified atom stereocenters. The minimum absolute atomic E-state index is 0.00333. The van der Waals surface area contributed by atoms with E-state index in [1.807, 2.05) is 24.3 Å². The third-order valence-corrected chi connectivity index (χ3v) is 5.75. The van der Waals surface area contributed by atoms with Crippen molar-refractivity contribution in [2.45, 2.75) is 12.8 Å². The zero-order valence-corrected chi connectivity index (χ0v) is 15.3. The van der Waals surface area contributed by atoms with Gasteiger partial charge in [0.05, 0.1) is 16.9 Å². The second kappa shape index (κ2) is 6.97. The Kier molecular flexibility index (Phi) is 4.53. The first-order valence-corrected chi connectivity index (χ1v) is 9.35. The number of ether oxygens (including phenoxy) is 1. The van der Waals surface area contributed by atoms with Gasteiger partial charge in [0.2, 0.25) is 0 Å². The molecule has 4 rings (SSSR count). The number of rotatable bonds is 6. The summed E-state index contributed by atoms with van der Waals surface area (Å²) in [7, 11) is 1.66. The number of aryl methyl sites for hydroxylation is 1. The monoisotopic (exact) mass is 365 g/mol.